The summed E-state index contributed by atoms with van der Waals surface area (Å²) in [6.07, 6.45) is 5.30. The zero-order chi connectivity index (χ0) is 27.4. The lowest BCUT2D eigenvalue weighted by molar-refractivity contribution is 0.207. The third kappa shape index (κ3) is 6.73. The number of halogens is 1. The molecule has 0 radical (unpaired) electrons. The predicted octanol–water partition coefficient (Wildman–Crippen LogP) is 4.93. The summed E-state index contributed by atoms with van der Waals surface area (Å²) in [5, 5.41) is 6.51. The van der Waals surface area contributed by atoms with E-state index < -0.39 is 10.0 Å². The summed E-state index contributed by atoms with van der Waals surface area (Å²) in [4.78, 5) is 11.2. The third-order valence-electron chi connectivity index (χ3n) is 6.75. The smallest absolute Gasteiger partial charge is 0.242 e. The number of benzene rings is 2. The molecule has 0 unspecified atom stereocenters. The summed E-state index contributed by atoms with van der Waals surface area (Å²) in [7, 11) is -1.63. The molecule has 0 amide bonds. The zero-order valence-corrected chi connectivity index (χ0v) is 23.6. The van der Waals surface area contributed by atoms with Gasteiger partial charge >= 0.3 is 0 Å². The molecule has 1 atom stereocenters. The summed E-state index contributed by atoms with van der Waals surface area (Å²) in [6.45, 7) is 4.29. The van der Waals surface area contributed by atoms with Crippen molar-refractivity contribution in [2.75, 3.05) is 37.4 Å². The van der Waals surface area contributed by atoms with Crippen molar-refractivity contribution in [3.8, 4) is 11.5 Å². The molecule has 208 valence electrons. The second-order valence-electron chi connectivity index (χ2n) is 9.77. The Kier molecular flexibility index (Phi) is 8.41. The number of ether oxygens (including phenoxy) is 2. The van der Waals surface area contributed by atoms with Gasteiger partial charge in [-0.05, 0) is 57.5 Å². The van der Waals surface area contributed by atoms with E-state index in [-0.39, 0.29) is 33.8 Å². The number of para-hydroxylation sites is 1. The van der Waals surface area contributed by atoms with E-state index in [0.29, 0.717) is 23.7 Å². The van der Waals surface area contributed by atoms with Gasteiger partial charge in [-0.1, -0.05) is 30.2 Å². The van der Waals surface area contributed by atoms with Crippen LogP contribution in [-0.4, -0.2) is 62.2 Å². The number of hydrogen-bond acceptors (Lipinski definition) is 9. The molecule has 1 aliphatic heterocycles. The van der Waals surface area contributed by atoms with Crippen LogP contribution in [0, 0.1) is 0 Å². The van der Waals surface area contributed by atoms with Gasteiger partial charge in [0.15, 0.2) is 5.82 Å². The topological polar surface area (TPSA) is 118 Å². The molecule has 12 heteroatoms. The summed E-state index contributed by atoms with van der Waals surface area (Å²) in [5.41, 5.74) is 1.03. The van der Waals surface area contributed by atoms with Crippen molar-refractivity contribution in [2.45, 2.75) is 49.6 Å². The van der Waals surface area contributed by atoms with Gasteiger partial charge < -0.3 is 25.0 Å². The molecule has 5 rings (SSSR count). The number of nitrogens with one attached hydrogen (secondary N) is 3. The third-order valence-corrected chi connectivity index (χ3v) is 8.61. The number of rotatable bonds is 11. The van der Waals surface area contributed by atoms with Crippen molar-refractivity contribution >= 4 is 44.8 Å². The highest BCUT2D eigenvalue weighted by Gasteiger charge is 2.27. The number of anilines is 4. The fourth-order valence-electron chi connectivity index (χ4n) is 4.51. The van der Waals surface area contributed by atoms with E-state index in [4.69, 9.17) is 21.1 Å². The van der Waals surface area contributed by atoms with Gasteiger partial charge in [0.25, 0.3) is 0 Å². The van der Waals surface area contributed by atoms with Crippen LogP contribution in [-0.2, 0) is 10.0 Å². The maximum absolute atomic E-state index is 13.0. The maximum atomic E-state index is 13.0. The van der Waals surface area contributed by atoms with Crippen LogP contribution in [0.15, 0.2) is 53.6 Å². The van der Waals surface area contributed by atoms with Crippen molar-refractivity contribution in [2.24, 2.45) is 0 Å². The van der Waals surface area contributed by atoms with Crippen LogP contribution >= 0.6 is 11.6 Å². The normalized spacial score (nSPS) is 18.0. The molecule has 2 aromatic carbocycles. The van der Waals surface area contributed by atoms with Crippen LogP contribution in [0.25, 0.3) is 0 Å². The Bertz CT molecular complexity index is 1420. The van der Waals surface area contributed by atoms with Crippen LogP contribution in [0.1, 0.15) is 32.6 Å². The average Bonchev–Trinajstić information content (AvgIpc) is 3.30. The van der Waals surface area contributed by atoms with Crippen LogP contribution in [0.5, 0.6) is 11.5 Å². The van der Waals surface area contributed by atoms with Crippen molar-refractivity contribution in [3.63, 3.8) is 0 Å². The molecule has 0 spiro atoms. The first-order valence-corrected chi connectivity index (χ1v) is 15.0. The molecule has 1 aromatic heterocycles. The van der Waals surface area contributed by atoms with Crippen molar-refractivity contribution in [1.29, 1.82) is 0 Å². The number of aromatic nitrogens is 2. The van der Waals surface area contributed by atoms with E-state index in [2.05, 4.69) is 37.3 Å². The summed E-state index contributed by atoms with van der Waals surface area (Å²) < 4.78 is 40.8. The molecule has 2 aliphatic rings. The Hall–Kier alpha value is -3.12. The number of likely N-dealkylation sites (N-methyl/N-ethyl adjacent to an activating group) is 1. The second-order valence-corrected chi connectivity index (χ2v) is 11.9. The Morgan fingerprint density at radius 1 is 1.10 bits per heavy atom. The number of nitrogens with zero attached hydrogens (tertiary/aromatic N) is 3. The first-order chi connectivity index (χ1) is 18.8. The molecule has 2 heterocycles. The standard InChI is InChI=1S/C27H33ClN6O4S/c1-3-37-24-15-19(38-20-13-14-34(2)17-20)11-12-22(24)31-27-29-16-21(28)26(32-27)30-23-9-4-5-10-25(23)39(35,36)33-18-7-6-8-18/h4-5,9-12,15-16,18,20,33H,3,6-8,13-14,17H2,1-2H3,(H2,29,30,31,32)/t20-/m0/s1. The first-order valence-electron chi connectivity index (χ1n) is 13.1. The van der Waals surface area contributed by atoms with Crippen LogP contribution in [0.2, 0.25) is 5.02 Å². The molecular weight excluding hydrogens is 540 g/mol. The van der Waals surface area contributed by atoms with Crippen LogP contribution in [0.3, 0.4) is 0 Å². The molecule has 1 aliphatic carbocycles. The second kappa shape index (κ2) is 12.0. The Morgan fingerprint density at radius 2 is 1.92 bits per heavy atom. The van der Waals surface area contributed by atoms with E-state index in [1.54, 1.807) is 24.3 Å². The quantitative estimate of drug-likeness (QED) is 0.294. The Balaban J connectivity index is 1.35. The fourth-order valence-corrected chi connectivity index (χ4v) is 6.12. The highest BCUT2D eigenvalue weighted by Crippen LogP contribution is 2.34. The maximum Gasteiger partial charge on any atom is 0.242 e. The van der Waals surface area contributed by atoms with Gasteiger partial charge in [-0.15, -0.1) is 0 Å². The molecule has 39 heavy (non-hydrogen) atoms. The minimum absolute atomic E-state index is 0.0303. The van der Waals surface area contributed by atoms with E-state index >= 15 is 0 Å². The molecule has 1 saturated carbocycles. The molecule has 10 nitrogen and oxygen atoms in total. The highest BCUT2D eigenvalue weighted by atomic mass is 35.5. The van der Waals surface area contributed by atoms with Crippen LogP contribution < -0.4 is 24.8 Å². The molecule has 3 aromatic rings. The lowest BCUT2D eigenvalue weighted by Gasteiger charge is -2.26. The molecular formula is C27H33ClN6O4S. The molecule has 1 saturated heterocycles. The monoisotopic (exact) mass is 572 g/mol. The first kappa shape index (κ1) is 27.4. The van der Waals surface area contributed by atoms with Crippen molar-refractivity contribution < 1.29 is 17.9 Å². The molecule has 0 bridgehead atoms. The van der Waals surface area contributed by atoms with E-state index in [1.807, 2.05) is 25.1 Å². The lowest BCUT2D eigenvalue weighted by Crippen LogP contribution is -2.39. The van der Waals surface area contributed by atoms with Crippen molar-refractivity contribution in [1.82, 2.24) is 19.6 Å². The highest BCUT2D eigenvalue weighted by molar-refractivity contribution is 7.89. The molecule has 2 fully saturated rings. The predicted molar refractivity (Wildman–Crippen MR) is 152 cm³/mol. The zero-order valence-electron chi connectivity index (χ0n) is 22.0. The van der Waals surface area contributed by atoms with Gasteiger partial charge in [-0.2, -0.15) is 4.98 Å². The Morgan fingerprint density at radius 3 is 2.64 bits per heavy atom. The van der Waals surface area contributed by atoms with Gasteiger partial charge in [0.1, 0.15) is 27.5 Å². The average molecular weight is 573 g/mol. The minimum Gasteiger partial charge on any atom is -0.492 e. The van der Waals surface area contributed by atoms with E-state index in [9.17, 15) is 8.42 Å². The largest absolute Gasteiger partial charge is 0.492 e. The van der Waals surface area contributed by atoms with Gasteiger partial charge in [0, 0.05) is 25.2 Å². The SMILES string of the molecule is CCOc1cc(O[C@H]2CCN(C)C2)ccc1Nc1ncc(Cl)c(Nc2ccccc2S(=O)(=O)NC2CCC2)n1. The summed E-state index contributed by atoms with van der Waals surface area (Å²) in [5.74, 6) is 1.87. The fraction of sp³-hybridized carbons (Fsp3) is 0.407. The molecule has 3 N–H and O–H groups in total. The van der Waals surface area contributed by atoms with Gasteiger partial charge in [0.2, 0.25) is 16.0 Å². The number of hydrogen-bond donors (Lipinski definition) is 3. The Labute approximate surface area is 234 Å². The summed E-state index contributed by atoms with van der Waals surface area (Å²) in [6, 6.07) is 12.2. The van der Waals surface area contributed by atoms with Crippen molar-refractivity contribution in [3.05, 3.63) is 53.7 Å². The summed E-state index contributed by atoms with van der Waals surface area (Å²) >= 11 is 6.40. The van der Waals surface area contributed by atoms with Gasteiger partial charge in [0.05, 0.1) is 24.2 Å². The van der Waals surface area contributed by atoms with Gasteiger partial charge in [-0.25, -0.2) is 18.1 Å². The van der Waals surface area contributed by atoms with E-state index in [0.717, 1.165) is 44.5 Å². The van der Waals surface area contributed by atoms with Gasteiger partial charge in [-0.3, -0.25) is 0 Å². The number of sulfonamides is 1. The van der Waals surface area contributed by atoms with Crippen LogP contribution in [0.4, 0.5) is 23.1 Å². The van der Waals surface area contributed by atoms with E-state index in [1.165, 1.54) is 6.20 Å². The lowest BCUT2D eigenvalue weighted by atomic mass is 9.94. The minimum atomic E-state index is -3.72. The number of likely N-dealkylation sites (tertiary alicyclic amines) is 1.